The molecule has 0 atom stereocenters. The van der Waals surface area contributed by atoms with Gasteiger partial charge in [-0.1, -0.05) is 0 Å². The molecule has 18 heavy (non-hydrogen) atoms. The first-order chi connectivity index (χ1) is 8.78. The lowest BCUT2D eigenvalue weighted by atomic mass is 10.0. The summed E-state index contributed by atoms with van der Waals surface area (Å²) in [5, 5.41) is 7.43. The van der Waals surface area contributed by atoms with Crippen molar-refractivity contribution in [1.82, 2.24) is 9.78 Å². The second-order valence-electron chi connectivity index (χ2n) is 4.46. The normalized spacial score (nSPS) is 13.2. The second kappa shape index (κ2) is 4.29. The van der Waals surface area contributed by atoms with Gasteiger partial charge in [-0.05, 0) is 37.1 Å². The number of ketones is 1. The molecular weight excluding hydrogens is 226 g/mol. The van der Waals surface area contributed by atoms with Crippen molar-refractivity contribution in [3.63, 3.8) is 0 Å². The summed E-state index contributed by atoms with van der Waals surface area (Å²) in [4.78, 5) is 12.3. The number of benzene rings is 1. The number of hydrogen-bond acceptors (Lipinski definition) is 3. The molecule has 2 heterocycles. The highest BCUT2D eigenvalue weighted by atomic mass is 16.1. The fraction of sp³-hybridized carbons (Fsp3) is 0.286. The van der Waals surface area contributed by atoms with Gasteiger partial charge in [0, 0.05) is 30.5 Å². The lowest BCUT2D eigenvalue weighted by molar-refractivity contribution is 0.103. The van der Waals surface area contributed by atoms with Crippen LogP contribution in [0, 0.1) is 0 Å². The van der Waals surface area contributed by atoms with Crippen LogP contribution in [0.15, 0.2) is 30.6 Å². The first-order valence-electron chi connectivity index (χ1n) is 6.22. The fourth-order valence-electron chi connectivity index (χ4n) is 2.27. The maximum absolute atomic E-state index is 12.3. The number of hydrogen-bond donors (Lipinski definition) is 1. The zero-order chi connectivity index (χ0) is 12.5. The lowest BCUT2D eigenvalue weighted by Gasteiger charge is -2.02. The van der Waals surface area contributed by atoms with Gasteiger partial charge in [-0.25, -0.2) is 0 Å². The molecule has 4 nitrogen and oxygen atoms in total. The van der Waals surface area contributed by atoms with E-state index in [9.17, 15) is 4.79 Å². The van der Waals surface area contributed by atoms with E-state index < -0.39 is 0 Å². The van der Waals surface area contributed by atoms with Crippen LogP contribution in [0.25, 0.3) is 0 Å². The van der Waals surface area contributed by atoms with Crippen LogP contribution in [0.1, 0.15) is 28.4 Å². The number of carbonyl (C=O) groups excluding carboxylic acids is 1. The number of nitrogens with zero attached hydrogens (tertiary/aromatic N) is 2. The molecule has 2 aromatic rings. The zero-order valence-corrected chi connectivity index (χ0v) is 10.3. The van der Waals surface area contributed by atoms with Gasteiger partial charge < -0.3 is 5.32 Å². The van der Waals surface area contributed by atoms with Gasteiger partial charge in [0.25, 0.3) is 0 Å². The van der Waals surface area contributed by atoms with Gasteiger partial charge in [-0.15, -0.1) is 0 Å². The molecule has 0 saturated heterocycles. The van der Waals surface area contributed by atoms with E-state index in [1.165, 1.54) is 5.56 Å². The Kier molecular flexibility index (Phi) is 2.63. The van der Waals surface area contributed by atoms with Crippen LogP contribution in [-0.2, 0) is 13.0 Å². The number of carbonyl (C=O) groups is 1. The van der Waals surface area contributed by atoms with E-state index in [2.05, 4.69) is 10.4 Å². The third-order valence-corrected chi connectivity index (χ3v) is 3.30. The Bertz CT molecular complexity index is 601. The van der Waals surface area contributed by atoms with Gasteiger partial charge in [0.1, 0.15) is 0 Å². The Balaban J connectivity index is 1.92. The Hall–Kier alpha value is -2.10. The Morgan fingerprint density at radius 3 is 3.11 bits per heavy atom. The Morgan fingerprint density at radius 1 is 1.44 bits per heavy atom. The monoisotopic (exact) mass is 241 g/mol. The zero-order valence-electron chi connectivity index (χ0n) is 10.3. The van der Waals surface area contributed by atoms with Crippen LogP contribution in [0.5, 0.6) is 0 Å². The van der Waals surface area contributed by atoms with Crippen molar-refractivity contribution in [1.29, 1.82) is 0 Å². The molecular formula is C14H15N3O. The number of aromatic nitrogens is 2. The molecule has 1 aromatic carbocycles. The van der Waals surface area contributed by atoms with Gasteiger partial charge >= 0.3 is 0 Å². The summed E-state index contributed by atoms with van der Waals surface area (Å²) in [7, 11) is 0. The van der Waals surface area contributed by atoms with Gasteiger partial charge in [-0.3, -0.25) is 9.48 Å². The van der Waals surface area contributed by atoms with Gasteiger partial charge in [-0.2, -0.15) is 5.10 Å². The number of anilines is 1. The molecule has 3 rings (SSSR count). The molecule has 92 valence electrons. The third-order valence-electron chi connectivity index (χ3n) is 3.30. The predicted molar refractivity (Wildman–Crippen MR) is 70.0 cm³/mol. The summed E-state index contributed by atoms with van der Waals surface area (Å²) in [6.07, 6.45) is 4.43. The lowest BCUT2D eigenvalue weighted by Crippen LogP contribution is -2.01. The quantitative estimate of drug-likeness (QED) is 0.837. The summed E-state index contributed by atoms with van der Waals surface area (Å²) in [6, 6.07) is 5.85. The van der Waals surface area contributed by atoms with Crippen molar-refractivity contribution in [2.75, 3.05) is 11.9 Å². The molecule has 1 aromatic heterocycles. The number of aryl methyl sites for hydroxylation is 1. The van der Waals surface area contributed by atoms with Crippen LogP contribution in [0.2, 0.25) is 0 Å². The Morgan fingerprint density at radius 2 is 2.33 bits per heavy atom. The van der Waals surface area contributed by atoms with E-state index in [1.807, 2.05) is 25.1 Å². The molecule has 0 bridgehead atoms. The first kappa shape index (κ1) is 11.0. The standard InChI is InChI=1S/C14H15N3O/c1-2-17-9-12(8-16-17)14(18)11-3-4-13-10(7-11)5-6-15-13/h3-4,7-9,15H,2,5-6H2,1H3. The van der Waals surface area contributed by atoms with Crippen molar-refractivity contribution in [3.05, 3.63) is 47.3 Å². The summed E-state index contributed by atoms with van der Waals surface area (Å²) in [5.74, 6) is 0.0457. The molecule has 0 spiro atoms. The van der Waals surface area contributed by atoms with Crippen LogP contribution in [0.3, 0.4) is 0 Å². The topological polar surface area (TPSA) is 46.9 Å². The average molecular weight is 241 g/mol. The predicted octanol–water partition coefficient (Wildman–Crippen LogP) is 2.10. The molecule has 0 fully saturated rings. The molecule has 1 aliphatic rings. The highest BCUT2D eigenvalue weighted by Crippen LogP contribution is 2.24. The highest BCUT2D eigenvalue weighted by Gasteiger charge is 2.15. The Labute approximate surface area is 106 Å². The molecule has 1 aliphatic heterocycles. The molecule has 0 aliphatic carbocycles. The molecule has 0 unspecified atom stereocenters. The summed E-state index contributed by atoms with van der Waals surface area (Å²) in [6.45, 7) is 3.74. The maximum Gasteiger partial charge on any atom is 0.196 e. The largest absolute Gasteiger partial charge is 0.384 e. The van der Waals surface area contributed by atoms with Crippen molar-refractivity contribution >= 4 is 11.5 Å². The fourth-order valence-corrected chi connectivity index (χ4v) is 2.27. The molecule has 0 radical (unpaired) electrons. The van der Waals surface area contributed by atoms with Crippen molar-refractivity contribution in [2.24, 2.45) is 0 Å². The van der Waals surface area contributed by atoms with Crippen LogP contribution >= 0.6 is 0 Å². The summed E-state index contributed by atoms with van der Waals surface area (Å²) >= 11 is 0. The molecule has 0 saturated carbocycles. The minimum atomic E-state index is 0.0457. The average Bonchev–Trinajstić information content (AvgIpc) is 3.05. The number of fused-ring (bicyclic) bond motifs is 1. The van der Waals surface area contributed by atoms with E-state index >= 15 is 0 Å². The minimum absolute atomic E-state index is 0.0457. The van der Waals surface area contributed by atoms with Crippen LogP contribution in [-0.4, -0.2) is 22.1 Å². The van der Waals surface area contributed by atoms with E-state index in [0.717, 1.165) is 30.8 Å². The van der Waals surface area contributed by atoms with Gasteiger partial charge in [0.15, 0.2) is 5.78 Å². The third kappa shape index (κ3) is 1.79. The van der Waals surface area contributed by atoms with E-state index in [-0.39, 0.29) is 5.78 Å². The van der Waals surface area contributed by atoms with Crippen molar-refractivity contribution in [2.45, 2.75) is 19.9 Å². The molecule has 4 heteroatoms. The number of nitrogens with one attached hydrogen (secondary N) is 1. The number of rotatable bonds is 3. The van der Waals surface area contributed by atoms with Crippen molar-refractivity contribution in [3.8, 4) is 0 Å². The smallest absolute Gasteiger partial charge is 0.196 e. The van der Waals surface area contributed by atoms with E-state index in [0.29, 0.717) is 5.56 Å². The second-order valence-corrected chi connectivity index (χ2v) is 4.46. The van der Waals surface area contributed by atoms with E-state index in [1.54, 1.807) is 17.1 Å². The SMILES string of the molecule is CCn1cc(C(=O)c2ccc3c(c2)CCN3)cn1. The summed E-state index contributed by atoms with van der Waals surface area (Å²) in [5.41, 5.74) is 3.77. The van der Waals surface area contributed by atoms with Crippen LogP contribution in [0.4, 0.5) is 5.69 Å². The van der Waals surface area contributed by atoms with E-state index in [4.69, 9.17) is 0 Å². The minimum Gasteiger partial charge on any atom is -0.384 e. The van der Waals surface area contributed by atoms with Gasteiger partial charge in [0.2, 0.25) is 0 Å². The highest BCUT2D eigenvalue weighted by molar-refractivity contribution is 6.09. The first-order valence-corrected chi connectivity index (χ1v) is 6.22. The maximum atomic E-state index is 12.3. The van der Waals surface area contributed by atoms with Gasteiger partial charge in [0.05, 0.1) is 11.8 Å². The van der Waals surface area contributed by atoms with Crippen molar-refractivity contribution < 1.29 is 4.79 Å². The van der Waals surface area contributed by atoms with Crippen LogP contribution < -0.4 is 5.32 Å². The molecule has 0 amide bonds. The molecule has 1 N–H and O–H groups in total. The summed E-state index contributed by atoms with van der Waals surface area (Å²) < 4.78 is 1.77.